The minimum atomic E-state index is -0.148. The molecule has 0 fully saturated rings. The molecule has 0 bridgehead atoms. The first-order valence-electron chi connectivity index (χ1n) is 7.04. The van der Waals surface area contributed by atoms with Crippen LogP contribution < -0.4 is 10.1 Å². The lowest BCUT2D eigenvalue weighted by atomic mass is 10.2. The summed E-state index contributed by atoms with van der Waals surface area (Å²) < 4.78 is 10.5. The summed E-state index contributed by atoms with van der Waals surface area (Å²) in [6.45, 7) is 2.82. The van der Waals surface area contributed by atoms with Crippen LogP contribution in [0.2, 0.25) is 0 Å². The molecule has 1 amide bonds. The fourth-order valence-corrected chi connectivity index (χ4v) is 2.48. The highest BCUT2D eigenvalue weighted by Gasteiger charge is 2.08. The Morgan fingerprint density at radius 2 is 2.05 bits per heavy atom. The lowest BCUT2D eigenvalue weighted by molar-refractivity contribution is -0.116. The molecular weight excluding hydrogens is 302 g/mol. The Bertz CT molecular complexity index is 598. The van der Waals surface area contributed by atoms with Crippen molar-refractivity contribution in [3.05, 3.63) is 34.8 Å². The van der Waals surface area contributed by atoms with E-state index < -0.39 is 0 Å². The second-order valence-electron chi connectivity index (χ2n) is 4.58. The number of nitrogens with zero attached hydrogens (tertiary/aromatic N) is 2. The normalized spacial score (nSPS) is 10.5. The number of amides is 1. The molecule has 0 aliphatic heterocycles. The summed E-state index contributed by atoms with van der Waals surface area (Å²) in [5, 5.41) is 11.7. The Balaban J connectivity index is 1.72. The van der Waals surface area contributed by atoms with E-state index in [-0.39, 0.29) is 12.3 Å². The summed E-state index contributed by atoms with van der Waals surface area (Å²) in [5.41, 5.74) is 1.26. The Labute approximate surface area is 133 Å². The Kier molecular flexibility index (Phi) is 6.29. The highest BCUT2D eigenvalue weighted by molar-refractivity contribution is 7.15. The highest BCUT2D eigenvalue weighted by Crippen LogP contribution is 2.16. The average Bonchev–Trinajstić information content (AvgIpc) is 2.95. The summed E-state index contributed by atoms with van der Waals surface area (Å²) in [6, 6.07) is 7.87. The van der Waals surface area contributed by atoms with E-state index in [0.29, 0.717) is 18.3 Å². The van der Waals surface area contributed by atoms with E-state index in [0.717, 1.165) is 17.2 Å². The van der Waals surface area contributed by atoms with Crippen LogP contribution in [0.25, 0.3) is 0 Å². The van der Waals surface area contributed by atoms with Crippen LogP contribution >= 0.6 is 11.3 Å². The third-order valence-corrected chi connectivity index (χ3v) is 3.72. The predicted octanol–water partition coefficient (Wildman–Crippen LogP) is 2.65. The van der Waals surface area contributed by atoms with Gasteiger partial charge in [-0.1, -0.05) is 30.4 Å². The summed E-state index contributed by atoms with van der Waals surface area (Å²) in [6.07, 6.45) is 1.25. The largest absolute Gasteiger partial charge is 0.493 e. The van der Waals surface area contributed by atoms with Crippen molar-refractivity contribution < 1.29 is 14.3 Å². The van der Waals surface area contributed by atoms with Gasteiger partial charge in [-0.15, -0.1) is 10.2 Å². The second kappa shape index (κ2) is 8.45. The number of methoxy groups -OCH3 is 1. The zero-order valence-corrected chi connectivity index (χ0v) is 13.5. The van der Waals surface area contributed by atoms with Crippen LogP contribution in [0.5, 0.6) is 5.75 Å². The molecular formula is C15H19N3O3S. The van der Waals surface area contributed by atoms with E-state index in [4.69, 9.17) is 9.47 Å². The molecule has 0 saturated carbocycles. The molecule has 0 radical (unpaired) electrons. The molecule has 0 unspecified atom stereocenters. The Hall–Kier alpha value is -1.99. The van der Waals surface area contributed by atoms with E-state index >= 15 is 0 Å². The summed E-state index contributed by atoms with van der Waals surface area (Å²) in [4.78, 5) is 11.8. The Morgan fingerprint density at radius 3 is 2.73 bits per heavy atom. The molecule has 0 spiro atoms. The summed E-state index contributed by atoms with van der Waals surface area (Å²) in [5.74, 6) is 0.619. The molecule has 6 nitrogen and oxygen atoms in total. The molecule has 2 rings (SSSR count). The van der Waals surface area contributed by atoms with Crippen molar-refractivity contribution in [3.8, 4) is 5.75 Å². The number of nitrogens with one attached hydrogen (secondary N) is 1. The fraction of sp³-hybridized carbons (Fsp3) is 0.400. The molecule has 118 valence electrons. The Morgan fingerprint density at radius 1 is 1.27 bits per heavy atom. The van der Waals surface area contributed by atoms with Gasteiger partial charge in [0.2, 0.25) is 11.0 Å². The van der Waals surface area contributed by atoms with Gasteiger partial charge in [0.15, 0.2) is 0 Å². The van der Waals surface area contributed by atoms with Crippen molar-refractivity contribution >= 4 is 22.4 Å². The van der Waals surface area contributed by atoms with E-state index in [1.807, 2.05) is 24.3 Å². The maximum absolute atomic E-state index is 11.8. The van der Waals surface area contributed by atoms with Crippen LogP contribution in [0, 0.1) is 0 Å². The third kappa shape index (κ3) is 5.09. The second-order valence-corrected chi connectivity index (χ2v) is 5.64. The zero-order chi connectivity index (χ0) is 15.8. The van der Waals surface area contributed by atoms with Crippen LogP contribution in [0.4, 0.5) is 5.13 Å². The first-order chi connectivity index (χ1) is 10.7. The molecule has 1 aromatic heterocycles. The molecule has 0 atom stereocenters. The van der Waals surface area contributed by atoms with Crippen molar-refractivity contribution in [2.75, 3.05) is 19.0 Å². The summed E-state index contributed by atoms with van der Waals surface area (Å²) in [7, 11) is 1.59. The van der Waals surface area contributed by atoms with Gasteiger partial charge in [-0.2, -0.15) is 0 Å². The number of benzene rings is 1. The van der Waals surface area contributed by atoms with Gasteiger partial charge < -0.3 is 14.8 Å². The van der Waals surface area contributed by atoms with Crippen LogP contribution in [-0.2, 0) is 22.6 Å². The van der Waals surface area contributed by atoms with Gasteiger partial charge in [-0.25, -0.2) is 0 Å². The van der Waals surface area contributed by atoms with E-state index in [1.54, 1.807) is 7.11 Å². The van der Waals surface area contributed by atoms with Crippen molar-refractivity contribution in [2.24, 2.45) is 0 Å². The van der Waals surface area contributed by atoms with Crippen LogP contribution in [0.3, 0.4) is 0 Å². The molecule has 0 saturated heterocycles. The number of anilines is 1. The van der Waals surface area contributed by atoms with Crippen LogP contribution in [-0.4, -0.2) is 29.8 Å². The van der Waals surface area contributed by atoms with Crippen molar-refractivity contribution in [1.82, 2.24) is 10.2 Å². The van der Waals surface area contributed by atoms with Gasteiger partial charge in [0.1, 0.15) is 17.4 Å². The van der Waals surface area contributed by atoms with Crippen molar-refractivity contribution in [2.45, 2.75) is 26.4 Å². The number of aromatic nitrogens is 2. The molecule has 1 aromatic carbocycles. The predicted molar refractivity (Wildman–Crippen MR) is 85.2 cm³/mol. The number of ether oxygens (including phenoxy) is 2. The molecule has 2 aromatic rings. The van der Waals surface area contributed by atoms with E-state index in [2.05, 4.69) is 22.4 Å². The first kappa shape index (κ1) is 16.4. The van der Waals surface area contributed by atoms with Gasteiger partial charge in [-0.3, -0.25) is 4.79 Å². The molecule has 1 heterocycles. The van der Waals surface area contributed by atoms with E-state index in [1.165, 1.54) is 16.9 Å². The number of hydrogen-bond donors (Lipinski definition) is 1. The van der Waals surface area contributed by atoms with Gasteiger partial charge in [0.05, 0.1) is 13.0 Å². The maximum Gasteiger partial charge on any atom is 0.229 e. The smallest absolute Gasteiger partial charge is 0.229 e. The summed E-state index contributed by atoms with van der Waals surface area (Å²) >= 11 is 1.30. The van der Waals surface area contributed by atoms with Gasteiger partial charge in [0, 0.05) is 7.11 Å². The topological polar surface area (TPSA) is 73.3 Å². The first-order valence-corrected chi connectivity index (χ1v) is 7.85. The van der Waals surface area contributed by atoms with Crippen LogP contribution in [0.1, 0.15) is 23.9 Å². The number of carbonyl (C=O) groups is 1. The monoisotopic (exact) mass is 321 g/mol. The molecule has 0 aliphatic carbocycles. The number of hydrogen-bond acceptors (Lipinski definition) is 6. The standard InChI is InChI=1S/C15H19N3O3S/c1-3-11-4-6-12(7-5-11)21-9-8-13(19)16-15-18-17-14(22-15)10-20-2/h4-7H,3,8-10H2,1-2H3,(H,16,18,19). The lowest BCUT2D eigenvalue weighted by Crippen LogP contribution is -2.15. The molecule has 0 aliphatic rings. The average molecular weight is 321 g/mol. The highest BCUT2D eigenvalue weighted by atomic mass is 32.1. The number of rotatable bonds is 8. The third-order valence-electron chi connectivity index (χ3n) is 2.91. The minimum absolute atomic E-state index is 0.148. The lowest BCUT2D eigenvalue weighted by Gasteiger charge is -2.06. The van der Waals surface area contributed by atoms with Crippen molar-refractivity contribution in [1.29, 1.82) is 0 Å². The molecule has 1 N–H and O–H groups in total. The number of carbonyl (C=O) groups excluding carboxylic acids is 1. The van der Waals surface area contributed by atoms with Gasteiger partial charge >= 0.3 is 0 Å². The van der Waals surface area contributed by atoms with Crippen LogP contribution in [0.15, 0.2) is 24.3 Å². The maximum atomic E-state index is 11.8. The SMILES string of the molecule is CCc1ccc(OCCC(=O)Nc2nnc(COC)s2)cc1. The van der Waals surface area contributed by atoms with Gasteiger partial charge in [0.25, 0.3) is 0 Å². The minimum Gasteiger partial charge on any atom is -0.493 e. The fourth-order valence-electron chi connectivity index (χ4n) is 1.75. The van der Waals surface area contributed by atoms with Gasteiger partial charge in [-0.05, 0) is 24.1 Å². The van der Waals surface area contributed by atoms with Crippen molar-refractivity contribution in [3.63, 3.8) is 0 Å². The zero-order valence-electron chi connectivity index (χ0n) is 12.7. The molecule has 22 heavy (non-hydrogen) atoms. The number of aryl methyl sites for hydroxylation is 1. The quantitative estimate of drug-likeness (QED) is 0.809. The molecule has 7 heteroatoms. The van der Waals surface area contributed by atoms with E-state index in [9.17, 15) is 4.79 Å².